The van der Waals surface area contributed by atoms with E-state index in [1.54, 1.807) is 18.2 Å². The van der Waals surface area contributed by atoms with Crippen molar-refractivity contribution in [1.29, 1.82) is 0 Å². The molecule has 23 heavy (non-hydrogen) atoms. The third-order valence-corrected chi connectivity index (χ3v) is 4.36. The highest BCUT2D eigenvalue weighted by Gasteiger charge is 2.37. The summed E-state index contributed by atoms with van der Waals surface area (Å²) < 4.78 is 0. The van der Waals surface area contributed by atoms with Crippen molar-refractivity contribution in [2.75, 3.05) is 4.90 Å². The van der Waals surface area contributed by atoms with E-state index in [0.29, 0.717) is 12.1 Å². The van der Waals surface area contributed by atoms with Gasteiger partial charge in [0.15, 0.2) is 0 Å². The molecule has 0 saturated carbocycles. The van der Waals surface area contributed by atoms with Gasteiger partial charge in [0.2, 0.25) is 0 Å². The van der Waals surface area contributed by atoms with Crippen LogP contribution in [-0.2, 0) is 16.0 Å². The van der Waals surface area contributed by atoms with E-state index in [9.17, 15) is 14.4 Å². The minimum Gasteiger partial charge on any atom is -0.273 e. The van der Waals surface area contributed by atoms with Crippen molar-refractivity contribution in [2.24, 2.45) is 0 Å². The summed E-state index contributed by atoms with van der Waals surface area (Å²) in [6.45, 7) is 1.94. The number of benzene rings is 1. The van der Waals surface area contributed by atoms with E-state index in [1.165, 1.54) is 17.4 Å². The molecule has 0 spiro atoms. The van der Waals surface area contributed by atoms with Crippen LogP contribution in [0.25, 0.3) is 6.08 Å². The maximum absolute atomic E-state index is 12.7. The first-order valence-electron chi connectivity index (χ1n) is 7.14. The zero-order chi connectivity index (χ0) is 16.4. The predicted octanol–water partition coefficient (Wildman–Crippen LogP) is 2.98. The molecule has 116 valence electrons. The highest BCUT2D eigenvalue weighted by Crippen LogP contribution is 2.26. The molecule has 6 heteroatoms. The number of nitrogens with one attached hydrogen (secondary N) is 1. The Labute approximate surface area is 137 Å². The Morgan fingerprint density at radius 2 is 1.91 bits per heavy atom. The lowest BCUT2D eigenvalue weighted by Crippen LogP contribution is -2.54. The molecule has 3 rings (SSSR count). The first kappa shape index (κ1) is 15.2. The standard InChI is InChI=1S/C17H14N2O3S/c1-2-11-6-3-4-8-14(11)19-16(21)13(15(20)18-17(19)22)10-12-7-5-9-23-12/h3-10H,2H2,1H3,(H,18,20,22)/b13-10+. The van der Waals surface area contributed by atoms with Crippen molar-refractivity contribution in [2.45, 2.75) is 13.3 Å². The maximum atomic E-state index is 12.7. The van der Waals surface area contributed by atoms with E-state index in [1.807, 2.05) is 30.5 Å². The first-order chi connectivity index (χ1) is 11.1. The molecule has 2 heterocycles. The molecule has 1 aromatic carbocycles. The summed E-state index contributed by atoms with van der Waals surface area (Å²) in [5.41, 5.74) is 1.32. The van der Waals surface area contributed by atoms with Gasteiger partial charge >= 0.3 is 6.03 Å². The molecule has 1 fully saturated rings. The fourth-order valence-corrected chi connectivity index (χ4v) is 3.08. The van der Waals surface area contributed by atoms with Crippen LogP contribution < -0.4 is 10.2 Å². The molecule has 1 aliphatic rings. The number of barbiturate groups is 1. The molecule has 1 aromatic heterocycles. The quantitative estimate of drug-likeness (QED) is 0.696. The molecule has 2 aromatic rings. The highest BCUT2D eigenvalue weighted by molar-refractivity contribution is 7.10. The Morgan fingerprint density at radius 3 is 2.61 bits per heavy atom. The van der Waals surface area contributed by atoms with Crippen LogP contribution in [0.5, 0.6) is 0 Å². The van der Waals surface area contributed by atoms with Gasteiger partial charge in [-0.25, -0.2) is 9.69 Å². The van der Waals surface area contributed by atoms with Gasteiger partial charge in [0, 0.05) is 4.88 Å². The second-order valence-corrected chi connectivity index (χ2v) is 5.93. The molecule has 1 saturated heterocycles. The Hall–Kier alpha value is -2.73. The van der Waals surface area contributed by atoms with Crippen LogP contribution in [0.3, 0.4) is 0 Å². The Kier molecular flexibility index (Phi) is 4.08. The van der Waals surface area contributed by atoms with Crippen LogP contribution in [0.2, 0.25) is 0 Å². The summed E-state index contributed by atoms with van der Waals surface area (Å²) in [5, 5.41) is 4.09. The average Bonchev–Trinajstić information content (AvgIpc) is 3.05. The van der Waals surface area contributed by atoms with Crippen LogP contribution in [0.15, 0.2) is 47.4 Å². The lowest BCUT2D eigenvalue weighted by atomic mass is 10.1. The minimum absolute atomic E-state index is 0.0436. The molecule has 4 amide bonds. The zero-order valence-electron chi connectivity index (χ0n) is 12.4. The Balaban J connectivity index is 2.05. The molecule has 0 aliphatic carbocycles. The topological polar surface area (TPSA) is 66.5 Å². The van der Waals surface area contributed by atoms with E-state index in [0.717, 1.165) is 15.3 Å². The van der Waals surface area contributed by atoms with Crippen molar-refractivity contribution >= 4 is 40.9 Å². The second-order valence-electron chi connectivity index (χ2n) is 4.96. The van der Waals surface area contributed by atoms with E-state index in [-0.39, 0.29) is 5.57 Å². The number of para-hydroxylation sites is 1. The third-order valence-electron chi connectivity index (χ3n) is 3.54. The average molecular weight is 326 g/mol. The normalized spacial score (nSPS) is 16.8. The molecule has 0 radical (unpaired) electrons. The third kappa shape index (κ3) is 2.80. The van der Waals surface area contributed by atoms with Gasteiger partial charge < -0.3 is 0 Å². The van der Waals surface area contributed by atoms with E-state index in [2.05, 4.69) is 5.32 Å². The Morgan fingerprint density at radius 1 is 1.13 bits per heavy atom. The number of carbonyl (C=O) groups excluding carboxylic acids is 3. The smallest absolute Gasteiger partial charge is 0.273 e. The summed E-state index contributed by atoms with van der Waals surface area (Å²) in [6, 6.07) is 10.1. The number of nitrogens with zero attached hydrogens (tertiary/aromatic N) is 1. The molecular weight excluding hydrogens is 312 g/mol. The van der Waals surface area contributed by atoms with Gasteiger partial charge in [0.05, 0.1) is 5.69 Å². The van der Waals surface area contributed by atoms with Crippen molar-refractivity contribution in [3.63, 3.8) is 0 Å². The van der Waals surface area contributed by atoms with E-state index < -0.39 is 17.8 Å². The molecule has 0 bridgehead atoms. The van der Waals surface area contributed by atoms with Crippen molar-refractivity contribution in [3.8, 4) is 0 Å². The van der Waals surface area contributed by atoms with Gasteiger partial charge in [-0.2, -0.15) is 0 Å². The lowest BCUT2D eigenvalue weighted by molar-refractivity contribution is -0.122. The summed E-state index contributed by atoms with van der Waals surface area (Å²) in [7, 11) is 0. The van der Waals surface area contributed by atoms with Gasteiger partial charge in [0.1, 0.15) is 5.57 Å². The number of carbonyl (C=O) groups is 3. The van der Waals surface area contributed by atoms with Gasteiger partial charge in [-0.3, -0.25) is 14.9 Å². The largest absolute Gasteiger partial charge is 0.335 e. The van der Waals surface area contributed by atoms with Crippen LogP contribution in [0.1, 0.15) is 17.4 Å². The number of imide groups is 2. The van der Waals surface area contributed by atoms with E-state index >= 15 is 0 Å². The number of thiophene rings is 1. The summed E-state index contributed by atoms with van der Waals surface area (Å²) in [4.78, 5) is 38.7. The number of anilines is 1. The molecule has 0 unspecified atom stereocenters. The van der Waals surface area contributed by atoms with Crippen LogP contribution >= 0.6 is 11.3 Å². The van der Waals surface area contributed by atoms with Gasteiger partial charge in [-0.15, -0.1) is 11.3 Å². The first-order valence-corrected chi connectivity index (χ1v) is 8.02. The minimum atomic E-state index is -0.718. The summed E-state index contributed by atoms with van der Waals surface area (Å²) in [6.07, 6.45) is 2.18. The molecule has 1 N–H and O–H groups in total. The fourth-order valence-electron chi connectivity index (χ4n) is 2.42. The SMILES string of the molecule is CCc1ccccc1N1C(=O)NC(=O)/C(=C\c2cccs2)C1=O. The zero-order valence-corrected chi connectivity index (χ0v) is 13.2. The van der Waals surface area contributed by atoms with E-state index in [4.69, 9.17) is 0 Å². The summed E-state index contributed by atoms with van der Waals surface area (Å²) in [5.74, 6) is -1.27. The molecule has 0 atom stereocenters. The lowest BCUT2D eigenvalue weighted by Gasteiger charge is -2.27. The van der Waals surface area contributed by atoms with Crippen molar-refractivity contribution < 1.29 is 14.4 Å². The predicted molar refractivity (Wildman–Crippen MR) is 89.1 cm³/mol. The molecule has 1 aliphatic heterocycles. The van der Waals surface area contributed by atoms with Crippen molar-refractivity contribution in [1.82, 2.24) is 5.32 Å². The highest BCUT2D eigenvalue weighted by atomic mass is 32.1. The number of rotatable bonds is 3. The molecular formula is C17H14N2O3S. The van der Waals surface area contributed by atoms with Crippen LogP contribution in [0.4, 0.5) is 10.5 Å². The van der Waals surface area contributed by atoms with Gasteiger partial charge in [-0.1, -0.05) is 31.2 Å². The number of aryl methyl sites for hydroxylation is 1. The van der Waals surface area contributed by atoms with Crippen LogP contribution in [-0.4, -0.2) is 17.8 Å². The maximum Gasteiger partial charge on any atom is 0.335 e. The van der Waals surface area contributed by atoms with Gasteiger partial charge in [-0.05, 0) is 35.6 Å². The number of urea groups is 1. The van der Waals surface area contributed by atoms with Crippen LogP contribution in [0, 0.1) is 0 Å². The monoisotopic (exact) mass is 326 g/mol. The molecule has 5 nitrogen and oxygen atoms in total. The number of hydrogen-bond donors (Lipinski definition) is 1. The number of hydrogen-bond acceptors (Lipinski definition) is 4. The van der Waals surface area contributed by atoms with Gasteiger partial charge in [0.25, 0.3) is 11.8 Å². The fraction of sp³-hybridized carbons (Fsp3) is 0.118. The summed E-state index contributed by atoms with van der Waals surface area (Å²) >= 11 is 1.41. The second kappa shape index (κ2) is 6.18. The van der Waals surface area contributed by atoms with Crippen molar-refractivity contribution in [3.05, 3.63) is 57.8 Å². The Bertz CT molecular complexity index is 809. The number of amides is 4.